The van der Waals surface area contributed by atoms with E-state index in [4.69, 9.17) is 5.73 Å². The van der Waals surface area contributed by atoms with E-state index in [1.165, 1.54) is 18.4 Å². The molecule has 0 aliphatic heterocycles. The van der Waals surface area contributed by atoms with Crippen LogP contribution >= 0.6 is 0 Å². The van der Waals surface area contributed by atoms with Crippen molar-refractivity contribution in [3.63, 3.8) is 0 Å². The maximum Gasteiger partial charge on any atom is 0.225 e. The van der Waals surface area contributed by atoms with Crippen molar-refractivity contribution in [3.05, 3.63) is 60.0 Å². The molecule has 0 unspecified atom stereocenters. The van der Waals surface area contributed by atoms with Gasteiger partial charge in [-0.2, -0.15) is 5.10 Å². The van der Waals surface area contributed by atoms with Crippen molar-refractivity contribution in [3.8, 4) is 11.5 Å². The Bertz CT molecular complexity index is 876. The highest BCUT2D eigenvalue weighted by molar-refractivity contribution is 5.75. The van der Waals surface area contributed by atoms with E-state index in [-0.39, 0.29) is 6.42 Å². The summed E-state index contributed by atoms with van der Waals surface area (Å²) in [6, 6.07) is 15.0. The van der Waals surface area contributed by atoms with Gasteiger partial charge in [-0.1, -0.05) is 30.3 Å². The summed E-state index contributed by atoms with van der Waals surface area (Å²) in [6.45, 7) is 0.709. The molecule has 1 fully saturated rings. The minimum absolute atomic E-state index is 0.0650. The number of aryl methyl sites for hydroxylation is 2. The summed E-state index contributed by atoms with van der Waals surface area (Å²) in [5.41, 5.74) is 7.62. The monoisotopic (exact) mass is 335 g/mol. The largest absolute Gasteiger partial charge is 0.369 e. The summed E-state index contributed by atoms with van der Waals surface area (Å²) in [4.78, 5) is 15.9. The SMILES string of the molecule is NC(=O)Cc1nc(-c2cccn2C2CC2)n(CCc2ccccc2)n1. The van der Waals surface area contributed by atoms with Gasteiger partial charge in [-0.15, -0.1) is 0 Å². The van der Waals surface area contributed by atoms with Gasteiger partial charge >= 0.3 is 0 Å². The molecule has 2 aromatic heterocycles. The Morgan fingerprint density at radius 1 is 1.16 bits per heavy atom. The molecule has 0 atom stereocenters. The first-order valence-electron chi connectivity index (χ1n) is 8.64. The average molecular weight is 335 g/mol. The van der Waals surface area contributed by atoms with E-state index < -0.39 is 5.91 Å². The fourth-order valence-corrected chi connectivity index (χ4v) is 3.10. The van der Waals surface area contributed by atoms with Crippen molar-refractivity contribution in [2.24, 2.45) is 5.73 Å². The molecule has 6 heteroatoms. The molecule has 1 aliphatic carbocycles. The van der Waals surface area contributed by atoms with E-state index in [0.29, 0.717) is 18.4 Å². The van der Waals surface area contributed by atoms with Gasteiger partial charge in [0.25, 0.3) is 0 Å². The smallest absolute Gasteiger partial charge is 0.225 e. The number of aromatic nitrogens is 4. The standard InChI is InChI=1S/C19H21N5O/c20-17(25)13-18-21-19(16-7-4-11-23(16)15-8-9-15)24(22-18)12-10-14-5-2-1-3-6-14/h1-7,11,15H,8-10,12-13H2,(H2,20,25). The zero-order chi connectivity index (χ0) is 17.2. The van der Waals surface area contributed by atoms with E-state index in [0.717, 1.165) is 17.9 Å². The Morgan fingerprint density at radius 3 is 2.68 bits per heavy atom. The summed E-state index contributed by atoms with van der Waals surface area (Å²) in [5.74, 6) is 0.882. The molecular formula is C19H21N5O. The van der Waals surface area contributed by atoms with Crippen LogP contribution in [-0.4, -0.2) is 25.2 Å². The Hall–Kier alpha value is -2.89. The minimum atomic E-state index is -0.413. The first-order chi connectivity index (χ1) is 12.2. The van der Waals surface area contributed by atoms with Crippen LogP contribution in [0.5, 0.6) is 0 Å². The number of carbonyl (C=O) groups excluding carboxylic acids is 1. The minimum Gasteiger partial charge on any atom is -0.369 e. The van der Waals surface area contributed by atoms with Gasteiger partial charge in [-0.05, 0) is 37.0 Å². The maximum absolute atomic E-state index is 11.3. The van der Waals surface area contributed by atoms with Gasteiger partial charge in [0, 0.05) is 18.8 Å². The molecule has 1 saturated carbocycles. The fourth-order valence-electron chi connectivity index (χ4n) is 3.10. The second-order valence-corrected chi connectivity index (χ2v) is 6.49. The van der Waals surface area contributed by atoms with Gasteiger partial charge in [-0.3, -0.25) is 4.79 Å². The predicted octanol–water partition coefficient (Wildman–Crippen LogP) is 2.35. The van der Waals surface area contributed by atoms with Crippen molar-refractivity contribution in [2.45, 2.75) is 38.3 Å². The molecule has 0 bridgehead atoms. The van der Waals surface area contributed by atoms with Crippen molar-refractivity contribution >= 4 is 5.91 Å². The van der Waals surface area contributed by atoms with Crippen LogP contribution in [0.2, 0.25) is 0 Å². The van der Waals surface area contributed by atoms with Gasteiger partial charge < -0.3 is 10.3 Å². The van der Waals surface area contributed by atoms with Crippen LogP contribution in [0.25, 0.3) is 11.5 Å². The number of carbonyl (C=O) groups is 1. The zero-order valence-electron chi connectivity index (χ0n) is 14.0. The van der Waals surface area contributed by atoms with Crippen LogP contribution in [0.4, 0.5) is 0 Å². The lowest BCUT2D eigenvalue weighted by molar-refractivity contribution is -0.117. The molecule has 4 rings (SSSR count). The summed E-state index contributed by atoms with van der Waals surface area (Å²) >= 11 is 0. The van der Waals surface area contributed by atoms with Gasteiger partial charge in [0.2, 0.25) is 5.91 Å². The van der Waals surface area contributed by atoms with Crippen molar-refractivity contribution in [1.82, 2.24) is 19.3 Å². The third-order valence-electron chi connectivity index (χ3n) is 4.45. The highest BCUT2D eigenvalue weighted by Gasteiger charge is 2.27. The number of primary amides is 1. The number of hydrogen-bond donors (Lipinski definition) is 1. The molecule has 2 N–H and O–H groups in total. The molecule has 128 valence electrons. The van der Waals surface area contributed by atoms with E-state index >= 15 is 0 Å². The molecule has 1 aliphatic rings. The van der Waals surface area contributed by atoms with Crippen molar-refractivity contribution in [1.29, 1.82) is 0 Å². The third kappa shape index (κ3) is 3.47. The molecule has 3 aromatic rings. The second-order valence-electron chi connectivity index (χ2n) is 6.49. The van der Waals surface area contributed by atoms with Crippen LogP contribution < -0.4 is 5.73 Å². The number of nitrogens with two attached hydrogens (primary N) is 1. The molecule has 0 radical (unpaired) electrons. The van der Waals surface area contributed by atoms with Gasteiger partial charge in [0.1, 0.15) is 0 Å². The van der Waals surface area contributed by atoms with Crippen LogP contribution in [0.3, 0.4) is 0 Å². The lowest BCUT2D eigenvalue weighted by Crippen LogP contribution is -2.15. The molecular weight excluding hydrogens is 314 g/mol. The van der Waals surface area contributed by atoms with Crippen LogP contribution in [0.15, 0.2) is 48.7 Å². The van der Waals surface area contributed by atoms with Gasteiger partial charge in [-0.25, -0.2) is 9.67 Å². The number of hydrogen-bond acceptors (Lipinski definition) is 3. The maximum atomic E-state index is 11.3. The summed E-state index contributed by atoms with van der Waals surface area (Å²) in [6.07, 6.45) is 5.42. The molecule has 25 heavy (non-hydrogen) atoms. The van der Waals surface area contributed by atoms with E-state index in [9.17, 15) is 4.79 Å². The highest BCUT2D eigenvalue weighted by Crippen LogP contribution is 2.38. The number of rotatable bonds is 7. The molecule has 0 spiro atoms. The molecule has 2 heterocycles. The topological polar surface area (TPSA) is 78.7 Å². The highest BCUT2D eigenvalue weighted by atomic mass is 16.1. The van der Waals surface area contributed by atoms with Gasteiger partial charge in [0.15, 0.2) is 11.6 Å². The summed E-state index contributed by atoms with van der Waals surface area (Å²) in [5, 5.41) is 4.53. The first-order valence-corrected chi connectivity index (χ1v) is 8.64. The third-order valence-corrected chi connectivity index (χ3v) is 4.45. The predicted molar refractivity (Wildman–Crippen MR) is 94.8 cm³/mol. The quantitative estimate of drug-likeness (QED) is 0.720. The van der Waals surface area contributed by atoms with E-state index in [1.54, 1.807) is 0 Å². The zero-order valence-corrected chi connectivity index (χ0v) is 14.0. The Morgan fingerprint density at radius 2 is 1.96 bits per heavy atom. The normalized spacial score (nSPS) is 13.9. The molecule has 6 nitrogen and oxygen atoms in total. The van der Waals surface area contributed by atoms with Crippen molar-refractivity contribution < 1.29 is 4.79 Å². The number of benzene rings is 1. The number of amides is 1. The summed E-state index contributed by atoms with van der Waals surface area (Å²) in [7, 11) is 0. The fraction of sp³-hybridized carbons (Fsp3) is 0.316. The van der Waals surface area contributed by atoms with Crippen LogP contribution in [-0.2, 0) is 24.2 Å². The van der Waals surface area contributed by atoms with E-state index in [1.807, 2.05) is 28.9 Å². The number of nitrogens with zero attached hydrogens (tertiary/aromatic N) is 4. The molecule has 1 aromatic carbocycles. The average Bonchev–Trinajstić information content (AvgIpc) is 3.20. The molecule has 0 saturated heterocycles. The Labute approximate surface area is 146 Å². The van der Waals surface area contributed by atoms with Crippen LogP contribution in [0, 0.1) is 0 Å². The van der Waals surface area contributed by atoms with Gasteiger partial charge in [0.05, 0.1) is 12.1 Å². The van der Waals surface area contributed by atoms with E-state index in [2.05, 4.69) is 39.0 Å². The van der Waals surface area contributed by atoms with Crippen molar-refractivity contribution in [2.75, 3.05) is 0 Å². The summed E-state index contributed by atoms with van der Waals surface area (Å²) < 4.78 is 4.16. The lowest BCUT2D eigenvalue weighted by atomic mass is 10.1. The second kappa shape index (κ2) is 6.55. The Kier molecular flexibility index (Phi) is 4.09. The first kappa shape index (κ1) is 15.6. The molecule has 1 amide bonds. The lowest BCUT2D eigenvalue weighted by Gasteiger charge is -2.09. The Balaban J connectivity index is 1.65. The van der Waals surface area contributed by atoms with Crippen LogP contribution in [0.1, 0.15) is 30.3 Å².